The van der Waals surface area contributed by atoms with Crippen molar-refractivity contribution >= 4 is 0 Å². The Labute approximate surface area is 122 Å². The van der Waals surface area contributed by atoms with Crippen molar-refractivity contribution in [2.75, 3.05) is 0 Å². The van der Waals surface area contributed by atoms with Crippen LogP contribution in [0.2, 0.25) is 0 Å². The van der Waals surface area contributed by atoms with Crippen LogP contribution in [0.25, 0.3) is 0 Å². The summed E-state index contributed by atoms with van der Waals surface area (Å²) in [5.41, 5.74) is -1.32. The Hall–Kier alpha value is -1.16. The molecule has 0 bridgehead atoms. The number of nitrogens with zero attached hydrogens (tertiary/aromatic N) is 1. The van der Waals surface area contributed by atoms with Gasteiger partial charge in [0, 0.05) is 11.1 Å². The molecule has 0 aromatic rings. The second kappa shape index (κ2) is 7.02. The van der Waals surface area contributed by atoms with Crippen LogP contribution >= 0.6 is 0 Å². The standard InChI is InChI=1S/C17H26NO2/c1-5-9-16(10-6-2)13-15(19)14-17(11-7-3,12-8-4)18(16)20/h5-8,15,19H,1-4,9-14H2/q-1. The summed E-state index contributed by atoms with van der Waals surface area (Å²) in [6, 6.07) is 0. The van der Waals surface area contributed by atoms with Crippen molar-refractivity contribution in [2.45, 2.75) is 55.7 Å². The molecule has 1 aliphatic heterocycles. The Balaban J connectivity index is 3.24. The van der Waals surface area contributed by atoms with Crippen LogP contribution in [0.3, 0.4) is 0 Å². The topological polar surface area (TPSA) is 46.5 Å². The van der Waals surface area contributed by atoms with Crippen LogP contribution in [-0.4, -0.2) is 27.4 Å². The van der Waals surface area contributed by atoms with Gasteiger partial charge in [-0.25, -0.2) is 0 Å². The monoisotopic (exact) mass is 276 g/mol. The molecule has 1 heterocycles. The molecule has 0 unspecified atom stereocenters. The Morgan fingerprint density at radius 1 is 0.900 bits per heavy atom. The number of hydroxylamine groups is 2. The Bertz CT molecular complexity index is 321. The lowest BCUT2D eigenvalue weighted by molar-refractivity contribution is -0.0777. The molecule has 1 saturated heterocycles. The van der Waals surface area contributed by atoms with Gasteiger partial charge in [-0.3, -0.25) is 0 Å². The normalized spacial score (nSPS) is 22.1. The lowest BCUT2D eigenvalue weighted by Gasteiger charge is -2.63. The number of piperidine rings is 1. The molecule has 0 aromatic heterocycles. The molecule has 0 aromatic carbocycles. The molecule has 1 N–H and O–H groups in total. The fourth-order valence-corrected chi connectivity index (χ4v) is 3.52. The first-order valence-corrected chi connectivity index (χ1v) is 7.09. The van der Waals surface area contributed by atoms with E-state index in [2.05, 4.69) is 26.3 Å². The SMILES string of the molecule is C=CCC1(CC=C)CC(O)CC(CC=C)(CC=C)N1[O-]. The van der Waals surface area contributed by atoms with Gasteiger partial charge in [-0.05, 0) is 38.5 Å². The third-order valence-corrected chi connectivity index (χ3v) is 4.19. The van der Waals surface area contributed by atoms with E-state index in [1.165, 1.54) is 5.06 Å². The summed E-state index contributed by atoms with van der Waals surface area (Å²) in [4.78, 5) is 0. The lowest BCUT2D eigenvalue weighted by Crippen LogP contribution is -2.63. The molecule has 0 aliphatic carbocycles. The van der Waals surface area contributed by atoms with Crippen molar-refractivity contribution in [2.24, 2.45) is 0 Å². The fourth-order valence-electron chi connectivity index (χ4n) is 3.52. The van der Waals surface area contributed by atoms with Crippen LogP contribution in [0, 0.1) is 5.21 Å². The predicted octanol–water partition coefficient (Wildman–Crippen LogP) is 3.72. The van der Waals surface area contributed by atoms with Gasteiger partial charge in [-0.2, -0.15) is 0 Å². The van der Waals surface area contributed by atoms with E-state index in [0.29, 0.717) is 38.5 Å². The first kappa shape index (κ1) is 16.9. The van der Waals surface area contributed by atoms with Crippen LogP contribution in [0.15, 0.2) is 50.6 Å². The summed E-state index contributed by atoms with van der Waals surface area (Å²) in [6.45, 7) is 15.0. The Morgan fingerprint density at radius 3 is 1.45 bits per heavy atom. The highest BCUT2D eigenvalue weighted by Gasteiger charge is 2.47. The van der Waals surface area contributed by atoms with Crippen LogP contribution < -0.4 is 0 Å². The zero-order valence-corrected chi connectivity index (χ0v) is 12.3. The minimum atomic E-state index is -0.660. The molecule has 0 spiro atoms. The van der Waals surface area contributed by atoms with Crippen LogP contribution in [0.4, 0.5) is 0 Å². The Morgan fingerprint density at radius 2 is 1.20 bits per heavy atom. The summed E-state index contributed by atoms with van der Waals surface area (Å²) in [5.74, 6) is 0. The highest BCUT2D eigenvalue weighted by molar-refractivity contribution is 5.14. The van der Waals surface area contributed by atoms with Crippen LogP contribution in [-0.2, 0) is 0 Å². The van der Waals surface area contributed by atoms with Gasteiger partial charge in [-0.1, -0.05) is 24.3 Å². The van der Waals surface area contributed by atoms with Gasteiger partial charge in [-0.15, -0.1) is 26.3 Å². The molecule has 0 amide bonds. The molecule has 1 fully saturated rings. The largest absolute Gasteiger partial charge is 0.784 e. The average molecular weight is 276 g/mol. The smallest absolute Gasteiger partial charge is 0.0575 e. The average Bonchev–Trinajstić information content (AvgIpc) is 2.37. The van der Waals surface area contributed by atoms with Crippen molar-refractivity contribution in [3.05, 3.63) is 55.8 Å². The van der Waals surface area contributed by atoms with E-state index in [9.17, 15) is 10.3 Å². The van der Waals surface area contributed by atoms with E-state index >= 15 is 0 Å². The van der Waals surface area contributed by atoms with Crippen molar-refractivity contribution in [3.63, 3.8) is 0 Å². The van der Waals surface area contributed by atoms with Crippen molar-refractivity contribution < 1.29 is 5.11 Å². The molecule has 1 aliphatic rings. The first-order valence-electron chi connectivity index (χ1n) is 7.09. The number of rotatable bonds is 8. The number of hydrogen-bond donors (Lipinski definition) is 1. The van der Waals surface area contributed by atoms with Gasteiger partial charge in [0.1, 0.15) is 0 Å². The van der Waals surface area contributed by atoms with E-state index in [1.54, 1.807) is 24.3 Å². The number of aliphatic hydroxyl groups is 1. The lowest BCUT2D eigenvalue weighted by atomic mass is 9.71. The summed E-state index contributed by atoms with van der Waals surface area (Å²) >= 11 is 0. The molecule has 112 valence electrons. The summed E-state index contributed by atoms with van der Waals surface area (Å²) in [7, 11) is 0. The molecular formula is C17H26NO2-. The van der Waals surface area contributed by atoms with E-state index < -0.39 is 17.2 Å². The molecule has 0 radical (unpaired) electrons. The molecule has 0 saturated carbocycles. The van der Waals surface area contributed by atoms with E-state index in [-0.39, 0.29) is 0 Å². The van der Waals surface area contributed by atoms with Crippen LogP contribution in [0.1, 0.15) is 38.5 Å². The van der Waals surface area contributed by atoms with E-state index in [4.69, 9.17) is 0 Å². The van der Waals surface area contributed by atoms with Gasteiger partial charge in [0.05, 0.1) is 6.10 Å². The molecule has 3 heteroatoms. The van der Waals surface area contributed by atoms with Gasteiger partial charge in [0.25, 0.3) is 0 Å². The number of aliphatic hydroxyl groups excluding tert-OH is 1. The summed E-state index contributed by atoms with van der Waals surface area (Å²) in [6.07, 6.45) is 9.54. The zero-order chi connectivity index (χ0) is 15.2. The zero-order valence-electron chi connectivity index (χ0n) is 12.3. The van der Waals surface area contributed by atoms with Gasteiger partial charge in [0.15, 0.2) is 0 Å². The van der Waals surface area contributed by atoms with Gasteiger partial charge in [0.2, 0.25) is 0 Å². The Kier molecular flexibility index (Phi) is 5.93. The van der Waals surface area contributed by atoms with Gasteiger partial charge < -0.3 is 15.4 Å². The molecular weight excluding hydrogens is 250 g/mol. The van der Waals surface area contributed by atoms with Gasteiger partial charge >= 0.3 is 0 Å². The highest BCUT2D eigenvalue weighted by Crippen LogP contribution is 2.46. The maximum atomic E-state index is 13.1. The fraction of sp³-hybridized carbons (Fsp3) is 0.529. The minimum Gasteiger partial charge on any atom is -0.784 e. The second-order valence-electron chi connectivity index (χ2n) is 5.78. The maximum Gasteiger partial charge on any atom is 0.0575 e. The molecule has 20 heavy (non-hydrogen) atoms. The third kappa shape index (κ3) is 3.11. The summed E-state index contributed by atoms with van der Waals surface area (Å²) in [5, 5.41) is 24.6. The highest BCUT2D eigenvalue weighted by atomic mass is 16.5. The molecule has 0 atom stereocenters. The molecule has 1 rings (SSSR count). The van der Waals surface area contributed by atoms with Crippen molar-refractivity contribution in [1.82, 2.24) is 5.06 Å². The minimum absolute atomic E-state index is 0.449. The second-order valence-corrected chi connectivity index (χ2v) is 5.78. The quantitative estimate of drug-likeness (QED) is 0.687. The molecule has 3 nitrogen and oxygen atoms in total. The van der Waals surface area contributed by atoms with Crippen molar-refractivity contribution in [1.29, 1.82) is 0 Å². The third-order valence-electron chi connectivity index (χ3n) is 4.19. The first-order chi connectivity index (χ1) is 9.50. The predicted molar refractivity (Wildman–Crippen MR) is 85.2 cm³/mol. The van der Waals surface area contributed by atoms with E-state index in [1.807, 2.05) is 0 Å². The maximum absolute atomic E-state index is 13.1. The van der Waals surface area contributed by atoms with Crippen LogP contribution in [0.5, 0.6) is 0 Å². The van der Waals surface area contributed by atoms with E-state index in [0.717, 1.165) is 0 Å². The van der Waals surface area contributed by atoms with Crippen molar-refractivity contribution in [3.8, 4) is 0 Å². The summed E-state index contributed by atoms with van der Waals surface area (Å²) < 4.78 is 0. The number of hydrogen-bond acceptors (Lipinski definition) is 3.